The average Bonchev–Trinajstić information content (AvgIpc) is 3.18. The van der Waals surface area contributed by atoms with E-state index in [-0.39, 0.29) is 33.8 Å². The second-order valence-electron chi connectivity index (χ2n) is 11.6. The van der Waals surface area contributed by atoms with Gasteiger partial charge in [0, 0.05) is 29.7 Å². The highest BCUT2D eigenvalue weighted by Crippen LogP contribution is 2.49. The number of benzene rings is 6. The maximum absolute atomic E-state index is 15.7. The molecule has 0 N–H and O–H groups in total. The molecule has 0 aliphatic carbocycles. The molecule has 0 aliphatic heterocycles. The van der Waals surface area contributed by atoms with Gasteiger partial charge in [0.05, 0.1) is 10.8 Å². The van der Waals surface area contributed by atoms with E-state index >= 15 is 4.39 Å². The van der Waals surface area contributed by atoms with Crippen molar-refractivity contribution in [1.82, 2.24) is 0 Å². The van der Waals surface area contributed by atoms with Crippen LogP contribution in [0.5, 0.6) is 23.0 Å². The van der Waals surface area contributed by atoms with Crippen LogP contribution in [0.2, 0.25) is 0 Å². The summed E-state index contributed by atoms with van der Waals surface area (Å²) >= 11 is 0. The number of carbonyl (C=O) groups is 4. The third-order valence-corrected chi connectivity index (χ3v) is 8.56. The first-order valence-corrected chi connectivity index (χ1v) is 16.4. The van der Waals surface area contributed by atoms with Gasteiger partial charge >= 0.3 is 23.9 Å². The second kappa shape index (κ2) is 15.0. The molecule has 0 unspecified atom stereocenters. The van der Waals surface area contributed by atoms with Crippen LogP contribution in [0.4, 0.5) is 4.39 Å². The van der Waals surface area contributed by atoms with E-state index in [1.807, 2.05) is 37.3 Å². The Balaban J connectivity index is 1.77. The molecule has 8 nitrogen and oxygen atoms in total. The minimum Gasteiger partial charge on any atom is -0.423 e. The molecule has 0 saturated carbocycles. The van der Waals surface area contributed by atoms with Crippen molar-refractivity contribution in [2.75, 3.05) is 0 Å². The minimum atomic E-state index is -0.846. The van der Waals surface area contributed by atoms with Crippen molar-refractivity contribution in [3.63, 3.8) is 0 Å². The third kappa shape index (κ3) is 6.83. The van der Waals surface area contributed by atoms with Gasteiger partial charge in [-0.1, -0.05) is 87.8 Å². The van der Waals surface area contributed by atoms with Gasteiger partial charge in [0.15, 0.2) is 17.3 Å². The molecule has 0 spiro atoms. The SMILES string of the molecule is C=CC(=O)Oc1cccc2cc3c(-c4ccc(-c5ccc(CC)cc5)c5c(OC(=O)C=C)c(F)ccc45)ccc(OC(=O)C=C)c3c(OC(=O)C=C)c12. The number of hydrogen-bond acceptors (Lipinski definition) is 8. The highest BCUT2D eigenvalue weighted by Gasteiger charge is 2.25. The van der Waals surface area contributed by atoms with Gasteiger partial charge in [0.1, 0.15) is 11.5 Å². The quantitative estimate of drug-likeness (QED) is 0.0568. The van der Waals surface area contributed by atoms with E-state index < -0.39 is 29.7 Å². The molecule has 6 aromatic carbocycles. The smallest absolute Gasteiger partial charge is 0.335 e. The average molecular weight is 707 g/mol. The lowest BCUT2D eigenvalue weighted by Gasteiger charge is -2.20. The Bertz CT molecular complexity index is 2550. The van der Waals surface area contributed by atoms with Crippen molar-refractivity contribution < 1.29 is 42.5 Å². The zero-order valence-electron chi connectivity index (χ0n) is 28.6. The number of aryl methyl sites for hydroxylation is 1. The zero-order chi connectivity index (χ0) is 37.8. The third-order valence-electron chi connectivity index (χ3n) is 8.56. The van der Waals surface area contributed by atoms with E-state index in [1.54, 1.807) is 36.4 Å². The highest BCUT2D eigenvalue weighted by molar-refractivity contribution is 6.19. The Kier molecular flexibility index (Phi) is 10.1. The molecule has 6 rings (SSSR count). The molecule has 0 saturated heterocycles. The molecule has 0 aliphatic rings. The van der Waals surface area contributed by atoms with Crippen LogP contribution in [0.3, 0.4) is 0 Å². The number of esters is 4. The fourth-order valence-corrected chi connectivity index (χ4v) is 6.15. The lowest BCUT2D eigenvalue weighted by Crippen LogP contribution is -2.09. The molecule has 0 aromatic heterocycles. The van der Waals surface area contributed by atoms with Crippen LogP contribution >= 0.6 is 0 Å². The normalized spacial score (nSPS) is 10.8. The van der Waals surface area contributed by atoms with E-state index in [0.29, 0.717) is 38.2 Å². The molecular weight excluding hydrogens is 675 g/mol. The summed E-state index contributed by atoms with van der Waals surface area (Å²) in [6.07, 6.45) is 4.70. The molecule has 53 heavy (non-hydrogen) atoms. The van der Waals surface area contributed by atoms with E-state index in [9.17, 15) is 19.2 Å². The zero-order valence-corrected chi connectivity index (χ0v) is 28.6. The monoisotopic (exact) mass is 706 g/mol. The van der Waals surface area contributed by atoms with Crippen LogP contribution in [0.1, 0.15) is 12.5 Å². The molecule has 0 heterocycles. The molecule has 0 atom stereocenters. The molecular formula is C44H31FO8. The van der Waals surface area contributed by atoms with Crippen molar-refractivity contribution in [3.8, 4) is 45.3 Å². The van der Waals surface area contributed by atoms with Gasteiger partial charge in [0.25, 0.3) is 0 Å². The number of halogens is 1. The van der Waals surface area contributed by atoms with E-state index in [2.05, 4.69) is 26.3 Å². The maximum Gasteiger partial charge on any atom is 0.335 e. The van der Waals surface area contributed by atoms with Crippen molar-refractivity contribution in [1.29, 1.82) is 0 Å². The van der Waals surface area contributed by atoms with Crippen LogP contribution in [0.25, 0.3) is 54.6 Å². The number of carbonyl (C=O) groups excluding carboxylic acids is 4. The van der Waals surface area contributed by atoms with Crippen LogP contribution in [-0.4, -0.2) is 23.9 Å². The number of ether oxygens (including phenoxy) is 4. The molecule has 0 fully saturated rings. The van der Waals surface area contributed by atoms with Crippen molar-refractivity contribution in [3.05, 3.63) is 147 Å². The first kappa shape index (κ1) is 35.7. The minimum absolute atomic E-state index is 0.00384. The van der Waals surface area contributed by atoms with Crippen molar-refractivity contribution in [2.45, 2.75) is 13.3 Å². The fourth-order valence-electron chi connectivity index (χ4n) is 6.15. The molecule has 0 radical (unpaired) electrons. The lowest BCUT2D eigenvalue weighted by atomic mass is 9.88. The van der Waals surface area contributed by atoms with Crippen LogP contribution in [0, 0.1) is 5.82 Å². The van der Waals surface area contributed by atoms with Gasteiger partial charge < -0.3 is 18.9 Å². The Morgan fingerprint density at radius 2 is 1.11 bits per heavy atom. The first-order valence-electron chi connectivity index (χ1n) is 16.4. The molecule has 9 heteroatoms. The van der Waals surface area contributed by atoms with Crippen molar-refractivity contribution in [2.24, 2.45) is 0 Å². The Labute approximate surface area is 303 Å². The Hall–Kier alpha value is -7.13. The fraction of sp³-hybridized carbons (Fsp3) is 0.0455. The van der Waals surface area contributed by atoms with Gasteiger partial charge in [-0.25, -0.2) is 23.6 Å². The van der Waals surface area contributed by atoms with Gasteiger partial charge in [-0.2, -0.15) is 0 Å². The standard InChI is InChI=1S/C44H31FO8/c1-6-25-14-16-26(17-15-25)28-18-19-29(31-20-22-33(45)43(41(28)31)52-38(48)9-4)30-21-23-35(51-37(47)8-3)42-32(30)24-27-12-11-13-34(50-36(46)7-2)40(27)44(42)53-39(49)10-5/h7-24H,2-6H2,1H3. The number of fused-ring (bicyclic) bond motifs is 3. The summed E-state index contributed by atoms with van der Waals surface area (Å²) in [4.78, 5) is 50.4. The van der Waals surface area contributed by atoms with Crippen LogP contribution < -0.4 is 18.9 Å². The summed E-state index contributed by atoms with van der Waals surface area (Å²) in [5.74, 6) is -4.35. The Morgan fingerprint density at radius 3 is 1.74 bits per heavy atom. The van der Waals surface area contributed by atoms with Gasteiger partial charge in [-0.15, -0.1) is 0 Å². The number of hydrogen-bond donors (Lipinski definition) is 0. The lowest BCUT2D eigenvalue weighted by molar-refractivity contribution is -0.130. The highest BCUT2D eigenvalue weighted by atomic mass is 19.1. The first-order chi connectivity index (χ1) is 25.6. The molecule has 0 bridgehead atoms. The maximum atomic E-state index is 15.7. The summed E-state index contributed by atoms with van der Waals surface area (Å²) in [7, 11) is 0. The summed E-state index contributed by atoms with van der Waals surface area (Å²) in [6, 6.07) is 24.1. The van der Waals surface area contributed by atoms with Gasteiger partial charge in [-0.3, -0.25) is 0 Å². The van der Waals surface area contributed by atoms with Crippen LogP contribution in [0.15, 0.2) is 136 Å². The Morgan fingerprint density at radius 1 is 0.566 bits per heavy atom. The summed E-state index contributed by atoms with van der Waals surface area (Å²) < 4.78 is 38.3. The van der Waals surface area contributed by atoms with Crippen molar-refractivity contribution >= 4 is 56.2 Å². The molecule has 262 valence electrons. The predicted molar refractivity (Wildman–Crippen MR) is 202 cm³/mol. The van der Waals surface area contributed by atoms with Crippen LogP contribution in [-0.2, 0) is 25.6 Å². The summed E-state index contributed by atoms with van der Waals surface area (Å²) in [5, 5.41) is 2.11. The van der Waals surface area contributed by atoms with E-state index in [0.717, 1.165) is 41.9 Å². The topological polar surface area (TPSA) is 105 Å². The predicted octanol–water partition coefficient (Wildman–Crippen LogP) is 9.55. The van der Waals surface area contributed by atoms with E-state index in [4.69, 9.17) is 18.9 Å². The largest absolute Gasteiger partial charge is 0.423 e. The molecule has 6 aromatic rings. The summed E-state index contributed by atoms with van der Waals surface area (Å²) in [6.45, 7) is 16.0. The van der Waals surface area contributed by atoms with Gasteiger partial charge in [-0.05, 0) is 80.7 Å². The number of rotatable bonds is 11. The van der Waals surface area contributed by atoms with Gasteiger partial charge in [0.2, 0.25) is 0 Å². The summed E-state index contributed by atoms with van der Waals surface area (Å²) in [5.41, 5.74) is 3.55. The van der Waals surface area contributed by atoms with E-state index in [1.165, 1.54) is 18.2 Å². The molecule has 0 amide bonds. The second-order valence-corrected chi connectivity index (χ2v) is 11.6.